The standard InChI is InChI=1S/C19H24N2O4S2/c1-12-9-13(2)18(14(3)10-12)20-19(22)16-11-17(15(4)26-16)27(23,24)21-5-7-25-8-6-21/h9-11H,5-8H2,1-4H3,(H,20,22). The van der Waals surface area contributed by atoms with Gasteiger partial charge in [0.2, 0.25) is 10.0 Å². The second-order valence-electron chi connectivity index (χ2n) is 6.78. The molecule has 1 fully saturated rings. The molecule has 146 valence electrons. The number of hydrogen-bond acceptors (Lipinski definition) is 5. The van der Waals surface area contributed by atoms with Gasteiger partial charge >= 0.3 is 0 Å². The van der Waals surface area contributed by atoms with Crippen molar-refractivity contribution in [2.45, 2.75) is 32.6 Å². The van der Waals surface area contributed by atoms with Gasteiger partial charge in [0.15, 0.2) is 0 Å². The highest BCUT2D eigenvalue weighted by atomic mass is 32.2. The van der Waals surface area contributed by atoms with Crippen molar-refractivity contribution in [3.63, 3.8) is 0 Å². The molecule has 1 amide bonds. The summed E-state index contributed by atoms with van der Waals surface area (Å²) < 4.78 is 32.4. The highest BCUT2D eigenvalue weighted by Gasteiger charge is 2.30. The van der Waals surface area contributed by atoms with E-state index in [-0.39, 0.29) is 10.8 Å². The van der Waals surface area contributed by atoms with Crippen LogP contribution in [-0.2, 0) is 14.8 Å². The second-order valence-corrected chi connectivity index (χ2v) is 9.94. The Labute approximate surface area is 164 Å². The lowest BCUT2D eigenvalue weighted by atomic mass is 10.1. The van der Waals surface area contributed by atoms with Crippen LogP contribution < -0.4 is 5.32 Å². The molecule has 0 aliphatic carbocycles. The molecule has 1 aromatic heterocycles. The molecule has 0 saturated carbocycles. The van der Waals surface area contributed by atoms with Gasteiger partial charge in [-0.15, -0.1) is 11.3 Å². The summed E-state index contributed by atoms with van der Waals surface area (Å²) in [6.45, 7) is 9.09. The summed E-state index contributed by atoms with van der Waals surface area (Å²) in [4.78, 5) is 14.0. The van der Waals surface area contributed by atoms with Gasteiger partial charge in [-0.3, -0.25) is 4.79 Å². The second kappa shape index (κ2) is 7.71. The summed E-state index contributed by atoms with van der Waals surface area (Å²) >= 11 is 1.20. The molecular formula is C19H24N2O4S2. The topological polar surface area (TPSA) is 75.7 Å². The molecule has 1 aromatic carbocycles. The Hall–Kier alpha value is -1.74. The third-order valence-electron chi connectivity index (χ3n) is 4.60. The third kappa shape index (κ3) is 4.08. The van der Waals surface area contributed by atoms with Crippen LogP contribution in [0, 0.1) is 27.7 Å². The highest BCUT2D eigenvalue weighted by molar-refractivity contribution is 7.89. The van der Waals surface area contributed by atoms with Gasteiger partial charge in [0.25, 0.3) is 5.91 Å². The number of nitrogens with zero attached hydrogens (tertiary/aromatic N) is 1. The zero-order chi connectivity index (χ0) is 19.8. The number of anilines is 1. The monoisotopic (exact) mass is 408 g/mol. The largest absolute Gasteiger partial charge is 0.379 e. The van der Waals surface area contributed by atoms with Gasteiger partial charge in [0.1, 0.15) is 0 Å². The molecule has 0 atom stereocenters. The molecule has 2 heterocycles. The van der Waals surface area contributed by atoms with Crippen molar-refractivity contribution in [2.24, 2.45) is 0 Å². The maximum Gasteiger partial charge on any atom is 0.265 e. The molecule has 6 nitrogen and oxygen atoms in total. The van der Waals surface area contributed by atoms with Crippen LogP contribution in [0.15, 0.2) is 23.1 Å². The van der Waals surface area contributed by atoms with Crippen molar-refractivity contribution in [3.05, 3.63) is 44.6 Å². The van der Waals surface area contributed by atoms with E-state index in [1.54, 1.807) is 6.92 Å². The summed E-state index contributed by atoms with van der Waals surface area (Å²) in [5.41, 5.74) is 3.87. The number of rotatable bonds is 4. The summed E-state index contributed by atoms with van der Waals surface area (Å²) in [6.07, 6.45) is 0. The van der Waals surface area contributed by atoms with Gasteiger partial charge in [0, 0.05) is 23.7 Å². The molecule has 0 unspecified atom stereocenters. The quantitative estimate of drug-likeness (QED) is 0.843. The number of hydrogen-bond donors (Lipinski definition) is 1. The number of nitrogens with one attached hydrogen (secondary N) is 1. The number of sulfonamides is 1. The van der Waals surface area contributed by atoms with Crippen LogP contribution in [0.5, 0.6) is 0 Å². The molecule has 3 rings (SSSR count). The molecule has 0 bridgehead atoms. The maximum atomic E-state index is 12.9. The molecule has 8 heteroatoms. The fourth-order valence-electron chi connectivity index (χ4n) is 3.31. The van der Waals surface area contributed by atoms with Crippen molar-refractivity contribution >= 4 is 33.0 Å². The first-order valence-electron chi connectivity index (χ1n) is 8.77. The summed E-state index contributed by atoms with van der Waals surface area (Å²) in [7, 11) is -3.62. The first-order chi connectivity index (χ1) is 12.7. The average Bonchev–Trinajstić information content (AvgIpc) is 3.01. The van der Waals surface area contributed by atoms with E-state index in [2.05, 4.69) is 5.32 Å². The minimum absolute atomic E-state index is 0.205. The van der Waals surface area contributed by atoms with Crippen LogP contribution in [0.2, 0.25) is 0 Å². The zero-order valence-electron chi connectivity index (χ0n) is 16.0. The third-order valence-corrected chi connectivity index (χ3v) is 7.80. The predicted molar refractivity (Wildman–Crippen MR) is 107 cm³/mol. The van der Waals surface area contributed by atoms with Crippen molar-refractivity contribution in [2.75, 3.05) is 31.6 Å². The number of benzene rings is 1. The normalized spacial score (nSPS) is 15.7. The molecule has 1 saturated heterocycles. The Morgan fingerprint density at radius 3 is 2.26 bits per heavy atom. The van der Waals surface area contributed by atoms with Crippen LogP contribution in [0.1, 0.15) is 31.2 Å². The first kappa shape index (κ1) is 20.0. The Morgan fingerprint density at radius 2 is 1.67 bits per heavy atom. The van der Waals surface area contributed by atoms with Crippen molar-refractivity contribution in [1.29, 1.82) is 0 Å². The number of carbonyl (C=O) groups is 1. The number of morpholine rings is 1. The van der Waals surface area contributed by atoms with Crippen LogP contribution in [0.25, 0.3) is 0 Å². The molecule has 1 aliphatic heterocycles. The fourth-order valence-corrected chi connectivity index (χ4v) is 6.18. The fraction of sp³-hybridized carbons (Fsp3) is 0.421. The number of aryl methyl sites for hydroxylation is 4. The molecule has 2 aromatic rings. The minimum Gasteiger partial charge on any atom is -0.379 e. The van der Waals surface area contributed by atoms with Crippen LogP contribution in [0.3, 0.4) is 0 Å². The van der Waals surface area contributed by atoms with Crippen LogP contribution >= 0.6 is 11.3 Å². The zero-order valence-corrected chi connectivity index (χ0v) is 17.6. The van der Waals surface area contributed by atoms with Gasteiger partial charge in [-0.2, -0.15) is 4.31 Å². The van der Waals surface area contributed by atoms with Gasteiger partial charge < -0.3 is 10.1 Å². The van der Waals surface area contributed by atoms with E-state index >= 15 is 0 Å². The van der Waals surface area contributed by atoms with Crippen molar-refractivity contribution in [3.8, 4) is 0 Å². The van der Waals surface area contributed by atoms with Gasteiger partial charge in [-0.1, -0.05) is 17.7 Å². The summed E-state index contributed by atoms with van der Waals surface area (Å²) in [5, 5.41) is 2.94. The van der Waals surface area contributed by atoms with Crippen LogP contribution in [0.4, 0.5) is 5.69 Å². The molecule has 27 heavy (non-hydrogen) atoms. The van der Waals surface area contributed by atoms with E-state index in [1.807, 2.05) is 32.9 Å². The molecular weight excluding hydrogens is 384 g/mol. The lowest BCUT2D eigenvalue weighted by Crippen LogP contribution is -2.40. The molecule has 1 N–H and O–H groups in total. The lowest BCUT2D eigenvalue weighted by Gasteiger charge is -2.25. The lowest BCUT2D eigenvalue weighted by molar-refractivity contribution is 0.0730. The number of ether oxygens (including phenoxy) is 1. The van der Waals surface area contributed by atoms with Gasteiger partial charge in [-0.25, -0.2) is 8.42 Å². The highest BCUT2D eigenvalue weighted by Crippen LogP contribution is 2.30. The van der Waals surface area contributed by atoms with E-state index < -0.39 is 10.0 Å². The first-order valence-corrected chi connectivity index (χ1v) is 11.0. The van der Waals surface area contributed by atoms with E-state index in [0.29, 0.717) is 36.1 Å². The van der Waals surface area contributed by atoms with Crippen molar-refractivity contribution in [1.82, 2.24) is 4.31 Å². The Balaban J connectivity index is 1.87. The summed E-state index contributed by atoms with van der Waals surface area (Å²) in [5.74, 6) is -0.290. The van der Waals surface area contributed by atoms with E-state index in [4.69, 9.17) is 4.74 Å². The van der Waals surface area contributed by atoms with Gasteiger partial charge in [0.05, 0.1) is 23.0 Å². The maximum absolute atomic E-state index is 12.9. The number of thiophene rings is 1. The van der Waals surface area contributed by atoms with Crippen molar-refractivity contribution < 1.29 is 17.9 Å². The Bertz CT molecular complexity index is 951. The van der Waals surface area contributed by atoms with E-state index in [1.165, 1.54) is 21.7 Å². The Morgan fingerprint density at radius 1 is 1.07 bits per heavy atom. The number of amides is 1. The average molecular weight is 409 g/mol. The van der Waals surface area contributed by atoms with Gasteiger partial charge in [-0.05, 0) is 44.9 Å². The number of carbonyl (C=O) groups excluding carboxylic acids is 1. The molecule has 1 aliphatic rings. The van der Waals surface area contributed by atoms with Crippen LogP contribution in [-0.4, -0.2) is 44.9 Å². The molecule has 0 radical (unpaired) electrons. The van der Waals surface area contributed by atoms with E-state index in [9.17, 15) is 13.2 Å². The SMILES string of the molecule is Cc1cc(C)c(NC(=O)c2cc(S(=O)(=O)N3CCOCC3)c(C)s2)c(C)c1. The smallest absolute Gasteiger partial charge is 0.265 e. The predicted octanol–water partition coefficient (Wildman–Crippen LogP) is 3.25. The minimum atomic E-state index is -3.62. The van der Waals surface area contributed by atoms with E-state index in [0.717, 1.165) is 22.4 Å². The Kier molecular flexibility index (Phi) is 5.71. The summed E-state index contributed by atoms with van der Waals surface area (Å²) in [6, 6.07) is 5.51. The molecule has 0 spiro atoms.